The number of non-ortho nitro benzene ring substituents is 1. The molecule has 0 radical (unpaired) electrons. The van der Waals surface area contributed by atoms with Crippen LogP contribution in [-0.2, 0) is 6.54 Å². The molecule has 1 N–H and O–H groups in total. The summed E-state index contributed by atoms with van der Waals surface area (Å²) in [6.07, 6.45) is 1.91. The Morgan fingerprint density at radius 2 is 1.82 bits per heavy atom. The molecule has 0 aliphatic rings. The van der Waals surface area contributed by atoms with E-state index in [1.807, 2.05) is 81.9 Å². The molecule has 0 spiro atoms. The number of nitrogens with one attached hydrogen (secondary N) is 1. The highest BCUT2D eigenvalue weighted by Gasteiger charge is 2.19. The average molecular weight is 536 g/mol. The van der Waals surface area contributed by atoms with Crippen molar-refractivity contribution in [1.29, 1.82) is 0 Å². The minimum atomic E-state index is -0.509. The summed E-state index contributed by atoms with van der Waals surface area (Å²) in [7, 11) is 0. The molecule has 0 fully saturated rings. The number of nitro benzene ring substituents is 1. The molecule has 2 heterocycles. The number of carbonyl (C=O) groups excluding carboxylic acids is 1. The smallest absolute Gasteiger partial charge is 0.275 e. The van der Waals surface area contributed by atoms with Crippen LogP contribution in [0.3, 0.4) is 0 Å². The van der Waals surface area contributed by atoms with Crippen molar-refractivity contribution in [2.45, 2.75) is 41.2 Å². The van der Waals surface area contributed by atoms with E-state index in [0.29, 0.717) is 34.5 Å². The molecule has 40 heavy (non-hydrogen) atoms. The van der Waals surface area contributed by atoms with Crippen molar-refractivity contribution in [2.24, 2.45) is 0 Å². The Labute approximate surface area is 231 Å². The first-order chi connectivity index (χ1) is 19.1. The van der Waals surface area contributed by atoms with Crippen LogP contribution in [0.1, 0.15) is 39.7 Å². The van der Waals surface area contributed by atoms with E-state index in [2.05, 4.69) is 10.4 Å². The Morgan fingerprint density at radius 3 is 2.55 bits per heavy atom. The predicted molar refractivity (Wildman–Crippen MR) is 155 cm³/mol. The normalized spacial score (nSPS) is 11.0. The van der Waals surface area contributed by atoms with Crippen molar-refractivity contribution >= 4 is 28.2 Å². The van der Waals surface area contributed by atoms with E-state index >= 15 is 0 Å². The second kappa shape index (κ2) is 10.6. The number of aryl methyl sites for hydroxylation is 4. The second-order valence-electron chi connectivity index (χ2n) is 9.79. The Kier molecular flexibility index (Phi) is 7.04. The summed E-state index contributed by atoms with van der Waals surface area (Å²) in [5.41, 5.74) is 6.34. The Balaban J connectivity index is 1.54. The van der Waals surface area contributed by atoms with E-state index in [1.54, 1.807) is 12.1 Å². The van der Waals surface area contributed by atoms with Crippen molar-refractivity contribution in [3.05, 3.63) is 105 Å². The van der Waals surface area contributed by atoms with Gasteiger partial charge in [-0.2, -0.15) is 5.10 Å². The highest BCUT2D eigenvalue weighted by Crippen LogP contribution is 2.34. The number of fused-ring (bicyclic) bond motifs is 1. The molecule has 5 rings (SSSR count). The van der Waals surface area contributed by atoms with Gasteiger partial charge in [0.25, 0.3) is 11.6 Å². The van der Waals surface area contributed by atoms with Crippen LogP contribution in [0.4, 0.5) is 11.4 Å². The first kappa shape index (κ1) is 26.6. The van der Waals surface area contributed by atoms with Crippen LogP contribution < -0.4 is 10.1 Å². The van der Waals surface area contributed by atoms with Crippen LogP contribution in [0.15, 0.2) is 66.9 Å². The van der Waals surface area contributed by atoms with Crippen LogP contribution in [-0.4, -0.2) is 25.6 Å². The first-order valence-corrected chi connectivity index (χ1v) is 12.9. The zero-order valence-electron chi connectivity index (χ0n) is 23.0. The molecule has 1 amide bonds. The number of nitrogens with zero attached hydrogens (tertiary/aromatic N) is 4. The number of rotatable bonds is 7. The molecule has 2 aromatic heterocycles. The molecule has 0 aliphatic heterocycles. The molecule has 202 valence electrons. The standard InChI is InChI=1S/C31H29N5O4/c1-6-35-17-27(21(5)34-35)29-16-26(25-9-7-8-10-28(25)33-29)31(37)32-22-13-23(36(38)39)15-24(14-22)40-30-12-18(2)11-19(3)20(30)4/h7-17H,6H2,1-5H3,(H,32,37). The summed E-state index contributed by atoms with van der Waals surface area (Å²) in [6, 6.07) is 17.3. The number of anilines is 1. The van der Waals surface area contributed by atoms with Gasteiger partial charge in [0, 0.05) is 35.8 Å². The highest BCUT2D eigenvalue weighted by molar-refractivity contribution is 6.13. The molecule has 9 heteroatoms. The van der Waals surface area contributed by atoms with Crippen LogP contribution in [0.25, 0.3) is 22.2 Å². The molecule has 0 bridgehead atoms. The number of nitro groups is 1. The summed E-state index contributed by atoms with van der Waals surface area (Å²) in [4.78, 5) is 29.7. The van der Waals surface area contributed by atoms with Crippen LogP contribution >= 0.6 is 0 Å². The van der Waals surface area contributed by atoms with Gasteiger partial charge in [-0.3, -0.25) is 19.6 Å². The third-order valence-corrected chi connectivity index (χ3v) is 6.86. The SMILES string of the molecule is CCn1cc(-c2cc(C(=O)Nc3cc(Oc4cc(C)cc(C)c4C)cc([N+](=O)[O-])c3)c3ccccc3n2)c(C)n1. The Hall–Kier alpha value is -5.05. The number of aromatic nitrogens is 3. The average Bonchev–Trinajstić information content (AvgIpc) is 3.31. The van der Waals surface area contributed by atoms with Crippen molar-refractivity contribution in [2.75, 3.05) is 5.32 Å². The van der Waals surface area contributed by atoms with E-state index in [4.69, 9.17) is 9.72 Å². The fourth-order valence-corrected chi connectivity index (χ4v) is 4.68. The quantitative estimate of drug-likeness (QED) is 0.173. The third kappa shape index (κ3) is 5.26. The lowest BCUT2D eigenvalue weighted by molar-refractivity contribution is -0.384. The van der Waals surface area contributed by atoms with E-state index in [0.717, 1.165) is 27.9 Å². The van der Waals surface area contributed by atoms with E-state index in [-0.39, 0.29) is 17.1 Å². The molecule has 9 nitrogen and oxygen atoms in total. The number of hydrogen-bond donors (Lipinski definition) is 1. The van der Waals surface area contributed by atoms with Crippen LogP contribution in [0.5, 0.6) is 11.5 Å². The van der Waals surface area contributed by atoms with Gasteiger partial charge in [0.15, 0.2) is 0 Å². The fraction of sp³-hybridized carbons (Fsp3) is 0.194. The minimum absolute atomic E-state index is 0.197. The number of hydrogen-bond acceptors (Lipinski definition) is 6. The topological polar surface area (TPSA) is 112 Å². The van der Waals surface area contributed by atoms with Crippen molar-refractivity contribution < 1.29 is 14.5 Å². The second-order valence-corrected chi connectivity index (χ2v) is 9.79. The number of carbonyl (C=O) groups is 1. The third-order valence-electron chi connectivity index (χ3n) is 6.86. The van der Waals surface area contributed by atoms with Gasteiger partial charge in [-0.15, -0.1) is 0 Å². The molecule has 0 saturated carbocycles. The van der Waals surface area contributed by atoms with Gasteiger partial charge in [-0.1, -0.05) is 24.3 Å². The van der Waals surface area contributed by atoms with Crippen LogP contribution in [0.2, 0.25) is 0 Å². The van der Waals surface area contributed by atoms with Crippen molar-refractivity contribution in [1.82, 2.24) is 14.8 Å². The monoisotopic (exact) mass is 535 g/mol. The van der Waals surface area contributed by atoms with Crippen LogP contribution in [0, 0.1) is 37.8 Å². The van der Waals surface area contributed by atoms with Gasteiger partial charge in [-0.25, -0.2) is 4.98 Å². The molecular weight excluding hydrogens is 506 g/mol. The van der Waals surface area contributed by atoms with Gasteiger partial charge < -0.3 is 10.1 Å². The lowest BCUT2D eigenvalue weighted by Gasteiger charge is -2.14. The predicted octanol–water partition coefficient (Wildman–Crippen LogP) is 7.30. The maximum Gasteiger partial charge on any atom is 0.275 e. The Morgan fingerprint density at radius 1 is 1.05 bits per heavy atom. The lowest BCUT2D eigenvalue weighted by atomic mass is 10.0. The lowest BCUT2D eigenvalue weighted by Crippen LogP contribution is -2.13. The molecule has 0 aliphatic carbocycles. The van der Waals surface area contributed by atoms with Gasteiger partial charge in [0.1, 0.15) is 11.5 Å². The molecule has 0 unspecified atom stereocenters. The number of para-hydroxylation sites is 1. The van der Waals surface area contributed by atoms with E-state index in [1.165, 1.54) is 12.1 Å². The van der Waals surface area contributed by atoms with Crippen molar-refractivity contribution in [3.63, 3.8) is 0 Å². The molecule has 3 aromatic carbocycles. The fourth-order valence-electron chi connectivity index (χ4n) is 4.68. The van der Waals surface area contributed by atoms with Gasteiger partial charge >= 0.3 is 0 Å². The highest BCUT2D eigenvalue weighted by atomic mass is 16.6. The summed E-state index contributed by atoms with van der Waals surface area (Å²) >= 11 is 0. The maximum absolute atomic E-state index is 13.7. The van der Waals surface area contributed by atoms with E-state index in [9.17, 15) is 14.9 Å². The number of amides is 1. The van der Waals surface area contributed by atoms with Gasteiger partial charge in [0.2, 0.25) is 0 Å². The Bertz CT molecular complexity index is 1790. The zero-order valence-corrected chi connectivity index (χ0v) is 23.0. The van der Waals surface area contributed by atoms with Gasteiger partial charge in [-0.05, 0) is 69.5 Å². The number of ether oxygens (including phenoxy) is 1. The maximum atomic E-state index is 13.7. The molecule has 0 saturated heterocycles. The number of benzene rings is 3. The summed E-state index contributed by atoms with van der Waals surface area (Å²) in [5.74, 6) is 0.429. The minimum Gasteiger partial charge on any atom is -0.457 e. The summed E-state index contributed by atoms with van der Waals surface area (Å²) in [5, 5.41) is 19.8. The molecule has 5 aromatic rings. The zero-order chi connectivity index (χ0) is 28.6. The van der Waals surface area contributed by atoms with Gasteiger partial charge in [0.05, 0.1) is 39.1 Å². The molecule has 0 atom stereocenters. The summed E-state index contributed by atoms with van der Waals surface area (Å²) in [6.45, 7) is 10.5. The first-order valence-electron chi connectivity index (χ1n) is 12.9. The molecular formula is C31H29N5O4. The summed E-state index contributed by atoms with van der Waals surface area (Å²) < 4.78 is 7.91. The van der Waals surface area contributed by atoms with Crippen molar-refractivity contribution in [3.8, 4) is 22.8 Å². The largest absolute Gasteiger partial charge is 0.457 e. The number of pyridine rings is 1. The van der Waals surface area contributed by atoms with E-state index < -0.39 is 10.8 Å².